The minimum atomic E-state index is -0.195. The van der Waals surface area contributed by atoms with Crippen LogP contribution in [0.4, 0.5) is 0 Å². The molecule has 1 saturated heterocycles. The van der Waals surface area contributed by atoms with Gasteiger partial charge >= 0.3 is 0 Å². The van der Waals surface area contributed by atoms with Crippen molar-refractivity contribution in [3.8, 4) is 0 Å². The molecule has 86 valence electrons. The summed E-state index contributed by atoms with van der Waals surface area (Å²) in [7, 11) is 0. The highest BCUT2D eigenvalue weighted by atomic mass is 32.2. The standard InChI is InChI=1S/C13H16O2S/c1-10-3-2-4-11(7-10)8-12(14)13-9-16-6-5-15-13/h2-4,7,13H,5-6,8-9H2,1H3. The minimum absolute atomic E-state index is 0.195. The second kappa shape index (κ2) is 5.51. The zero-order chi connectivity index (χ0) is 11.4. The summed E-state index contributed by atoms with van der Waals surface area (Å²) in [6, 6.07) is 8.10. The van der Waals surface area contributed by atoms with Crippen LogP contribution >= 0.6 is 11.8 Å². The van der Waals surface area contributed by atoms with Crippen LogP contribution < -0.4 is 0 Å². The van der Waals surface area contributed by atoms with Crippen LogP contribution in [-0.4, -0.2) is 30.0 Å². The second-order valence-corrected chi connectivity index (χ2v) is 5.22. The van der Waals surface area contributed by atoms with Crippen LogP contribution in [0, 0.1) is 6.92 Å². The predicted octanol–water partition coefficient (Wildman–Crippen LogP) is 2.24. The maximum Gasteiger partial charge on any atom is 0.166 e. The molecule has 0 aliphatic carbocycles. The zero-order valence-electron chi connectivity index (χ0n) is 9.44. The normalized spacial score (nSPS) is 20.7. The van der Waals surface area contributed by atoms with E-state index in [-0.39, 0.29) is 11.9 Å². The molecular formula is C13H16O2S. The molecule has 1 unspecified atom stereocenters. The highest BCUT2D eigenvalue weighted by molar-refractivity contribution is 7.99. The molecular weight excluding hydrogens is 220 g/mol. The monoisotopic (exact) mass is 236 g/mol. The third-order valence-electron chi connectivity index (χ3n) is 2.64. The first kappa shape index (κ1) is 11.7. The molecule has 16 heavy (non-hydrogen) atoms. The third kappa shape index (κ3) is 3.09. The minimum Gasteiger partial charge on any atom is -0.369 e. The molecule has 0 aromatic heterocycles. The fourth-order valence-electron chi connectivity index (χ4n) is 1.81. The van der Waals surface area contributed by atoms with Crippen molar-refractivity contribution < 1.29 is 9.53 Å². The number of thioether (sulfide) groups is 1. The number of Topliss-reactive ketones (excluding diaryl/α,β-unsaturated/α-hetero) is 1. The van der Waals surface area contributed by atoms with Gasteiger partial charge in [0.15, 0.2) is 5.78 Å². The molecule has 1 aromatic carbocycles. The Bertz CT molecular complexity index is 370. The summed E-state index contributed by atoms with van der Waals surface area (Å²) in [5.41, 5.74) is 2.29. The SMILES string of the molecule is Cc1cccc(CC(=O)C2CSCCO2)c1. The van der Waals surface area contributed by atoms with Crippen LogP contribution in [-0.2, 0) is 16.0 Å². The van der Waals surface area contributed by atoms with Crippen molar-refractivity contribution in [1.29, 1.82) is 0 Å². The zero-order valence-corrected chi connectivity index (χ0v) is 10.3. The Hall–Kier alpha value is -0.800. The number of ether oxygens (including phenoxy) is 1. The Labute approximate surface area is 100 Å². The number of carbonyl (C=O) groups is 1. The molecule has 0 bridgehead atoms. The summed E-state index contributed by atoms with van der Waals surface area (Å²) >= 11 is 1.80. The summed E-state index contributed by atoms with van der Waals surface area (Å²) in [4.78, 5) is 11.9. The molecule has 1 aliphatic heterocycles. The molecule has 1 heterocycles. The van der Waals surface area contributed by atoms with Gasteiger partial charge in [0.05, 0.1) is 6.61 Å². The first-order valence-electron chi connectivity index (χ1n) is 5.53. The van der Waals surface area contributed by atoms with E-state index in [1.165, 1.54) is 5.56 Å². The molecule has 0 N–H and O–H groups in total. The van der Waals surface area contributed by atoms with Gasteiger partial charge in [-0.1, -0.05) is 29.8 Å². The molecule has 1 fully saturated rings. The molecule has 2 rings (SSSR count). The first-order chi connectivity index (χ1) is 7.75. The van der Waals surface area contributed by atoms with Gasteiger partial charge in [-0.2, -0.15) is 11.8 Å². The van der Waals surface area contributed by atoms with Gasteiger partial charge in [0.1, 0.15) is 6.10 Å². The molecule has 0 spiro atoms. The summed E-state index contributed by atoms with van der Waals surface area (Å²) in [5.74, 6) is 2.02. The largest absolute Gasteiger partial charge is 0.369 e. The van der Waals surface area contributed by atoms with Crippen molar-refractivity contribution >= 4 is 17.5 Å². The lowest BCUT2D eigenvalue weighted by atomic mass is 10.0. The van der Waals surface area contributed by atoms with Crippen molar-refractivity contribution in [2.45, 2.75) is 19.4 Å². The number of rotatable bonds is 3. The van der Waals surface area contributed by atoms with Gasteiger partial charge in [-0.05, 0) is 12.5 Å². The van der Waals surface area contributed by atoms with Crippen molar-refractivity contribution in [1.82, 2.24) is 0 Å². The molecule has 0 radical (unpaired) electrons. The average Bonchev–Trinajstić information content (AvgIpc) is 2.30. The fraction of sp³-hybridized carbons (Fsp3) is 0.462. The Balaban J connectivity index is 1.96. The number of hydrogen-bond acceptors (Lipinski definition) is 3. The van der Waals surface area contributed by atoms with Crippen LogP contribution in [0.1, 0.15) is 11.1 Å². The van der Waals surface area contributed by atoms with E-state index in [0.717, 1.165) is 17.1 Å². The molecule has 0 amide bonds. The second-order valence-electron chi connectivity index (χ2n) is 4.07. The lowest BCUT2D eigenvalue weighted by Crippen LogP contribution is -2.32. The Kier molecular flexibility index (Phi) is 4.02. The maximum atomic E-state index is 11.9. The predicted molar refractivity (Wildman–Crippen MR) is 67.0 cm³/mol. The van der Waals surface area contributed by atoms with E-state index in [9.17, 15) is 4.79 Å². The lowest BCUT2D eigenvalue weighted by molar-refractivity contribution is -0.128. The number of benzene rings is 1. The van der Waals surface area contributed by atoms with Crippen LogP contribution in [0.5, 0.6) is 0 Å². The third-order valence-corrected chi connectivity index (χ3v) is 3.63. The van der Waals surface area contributed by atoms with E-state index in [4.69, 9.17) is 4.74 Å². The quantitative estimate of drug-likeness (QED) is 0.805. The first-order valence-corrected chi connectivity index (χ1v) is 6.69. The van der Waals surface area contributed by atoms with Gasteiger partial charge in [0.25, 0.3) is 0 Å². The van der Waals surface area contributed by atoms with Gasteiger partial charge in [0, 0.05) is 17.9 Å². The maximum absolute atomic E-state index is 11.9. The van der Waals surface area contributed by atoms with E-state index in [2.05, 4.69) is 6.07 Å². The van der Waals surface area contributed by atoms with Crippen LogP contribution in [0.25, 0.3) is 0 Å². The summed E-state index contributed by atoms with van der Waals surface area (Å²) < 4.78 is 5.47. The van der Waals surface area contributed by atoms with E-state index in [0.29, 0.717) is 13.0 Å². The average molecular weight is 236 g/mol. The van der Waals surface area contributed by atoms with E-state index in [1.807, 2.05) is 25.1 Å². The van der Waals surface area contributed by atoms with E-state index < -0.39 is 0 Å². The van der Waals surface area contributed by atoms with Crippen molar-refractivity contribution in [2.24, 2.45) is 0 Å². The van der Waals surface area contributed by atoms with Gasteiger partial charge in [-0.15, -0.1) is 0 Å². The van der Waals surface area contributed by atoms with Gasteiger partial charge in [0.2, 0.25) is 0 Å². The van der Waals surface area contributed by atoms with Gasteiger partial charge in [-0.25, -0.2) is 0 Å². The number of hydrogen-bond donors (Lipinski definition) is 0. The van der Waals surface area contributed by atoms with Crippen LogP contribution in [0.3, 0.4) is 0 Å². The summed E-state index contributed by atoms with van der Waals surface area (Å²) in [6.07, 6.45) is 0.298. The highest BCUT2D eigenvalue weighted by Crippen LogP contribution is 2.15. The summed E-state index contributed by atoms with van der Waals surface area (Å²) in [5, 5.41) is 0. The van der Waals surface area contributed by atoms with Crippen molar-refractivity contribution in [3.63, 3.8) is 0 Å². The van der Waals surface area contributed by atoms with Crippen molar-refractivity contribution in [3.05, 3.63) is 35.4 Å². The van der Waals surface area contributed by atoms with Crippen LogP contribution in [0.15, 0.2) is 24.3 Å². The molecule has 1 atom stereocenters. The highest BCUT2D eigenvalue weighted by Gasteiger charge is 2.22. The Morgan fingerprint density at radius 1 is 1.56 bits per heavy atom. The summed E-state index contributed by atoms with van der Waals surface area (Å²) in [6.45, 7) is 2.75. The molecule has 2 nitrogen and oxygen atoms in total. The number of aryl methyl sites for hydroxylation is 1. The Morgan fingerprint density at radius 3 is 3.12 bits per heavy atom. The van der Waals surface area contributed by atoms with Crippen molar-refractivity contribution in [2.75, 3.05) is 18.1 Å². The Morgan fingerprint density at radius 2 is 2.44 bits per heavy atom. The molecule has 3 heteroatoms. The van der Waals surface area contributed by atoms with E-state index in [1.54, 1.807) is 11.8 Å². The molecule has 0 saturated carbocycles. The smallest absolute Gasteiger partial charge is 0.166 e. The lowest BCUT2D eigenvalue weighted by Gasteiger charge is -2.21. The van der Waals surface area contributed by atoms with Crippen LogP contribution in [0.2, 0.25) is 0 Å². The molecule has 1 aromatic rings. The molecule has 1 aliphatic rings. The topological polar surface area (TPSA) is 26.3 Å². The number of ketones is 1. The van der Waals surface area contributed by atoms with Gasteiger partial charge < -0.3 is 4.74 Å². The number of carbonyl (C=O) groups excluding carboxylic acids is 1. The van der Waals surface area contributed by atoms with Gasteiger partial charge in [-0.3, -0.25) is 4.79 Å². The van der Waals surface area contributed by atoms with E-state index >= 15 is 0 Å². The fourth-order valence-corrected chi connectivity index (χ4v) is 2.69.